The van der Waals surface area contributed by atoms with Crippen LogP contribution in [-0.2, 0) is 16.0 Å². The van der Waals surface area contributed by atoms with Gasteiger partial charge in [-0.1, -0.05) is 0 Å². The van der Waals surface area contributed by atoms with E-state index in [0.29, 0.717) is 0 Å². The number of hydrogen-bond acceptors (Lipinski definition) is 3. The van der Waals surface area contributed by atoms with Crippen LogP contribution in [0.1, 0.15) is 16.7 Å². The minimum absolute atomic E-state index is 0.0759. The van der Waals surface area contributed by atoms with Crippen LogP contribution in [0.3, 0.4) is 0 Å². The van der Waals surface area contributed by atoms with E-state index in [0.717, 1.165) is 6.42 Å². The Kier molecular flexibility index (Phi) is 2.92. The van der Waals surface area contributed by atoms with E-state index in [2.05, 4.69) is 12.1 Å². The van der Waals surface area contributed by atoms with Crippen molar-refractivity contribution in [3.05, 3.63) is 34.0 Å². The van der Waals surface area contributed by atoms with Crippen LogP contribution in [-0.4, -0.2) is 22.8 Å². The van der Waals surface area contributed by atoms with Gasteiger partial charge in [-0.3, -0.25) is 14.5 Å². The van der Waals surface area contributed by atoms with E-state index in [4.69, 9.17) is 0 Å². The molecule has 3 nitrogen and oxygen atoms in total. The Hall–Kier alpha value is -1.42. The molecule has 2 rings (SSSR count). The zero-order chi connectivity index (χ0) is 11.7. The van der Waals surface area contributed by atoms with Gasteiger partial charge in [-0.15, -0.1) is 11.3 Å². The highest BCUT2D eigenvalue weighted by Crippen LogP contribution is 2.20. The highest BCUT2D eigenvalue weighted by atomic mass is 32.1. The summed E-state index contributed by atoms with van der Waals surface area (Å²) in [6.45, 7) is 3.95. The third-order valence-electron chi connectivity index (χ3n) is 2.58. The first-order valence-corrected chi connectivity index (χ1v) is 6.00. The normalized spacial score (nSPS) is 17.2. The molecule has 0 saturated carbocycles. The summed E-state index contributed by atoms with van der Waals surface area (Å²) in [5.41, 5.74) is 0. The van der Waals surface area contributed by atoms with Crippen LogP contribution in [0.4, 0.5) is 0 Å². The van der Waals surface area contributed by atoms with Gasteiger partial charge in [0.25, 0.3) is 11.8 Å². The van der Waals surface area contributed by atoms with Gasteiger partial charge in [0, 0.05) is 34.4 Å². The molecule has 0 radical (unpaired) electrons. The second-order valence-electron chi connectivity index (χ2n) is 3.95. The zero-order valence-corrected chi connectivity index (χ0v) is 10.1. The highest BCUT2D eigenvalue weighted by Gasteiger charge is 2.28. The number of rotatable bonds is 3. The molecule has 0 aromatic carbocycles. The average Bonchev–Trinajstić information content (AvgIpc) is 2.74. The molecule has 1 aliphatic heterocycles. The molecule has 0 N–H and O–H groups in total. The Bertz CT molecular complexity index is 443. The lowest BCUT2D eigenvalue weighted by molar-refractivity contribution is -0.139. The number of carbonyl (C=O) groups excluding carboxylic acids is 2. The molecule has 2 amide bonds. The van der Waals surface area contributed by atoms with Crippen LogP contribution in [0.5, 0.6) is 0 Å². The molecule has 0 bridgehead atoms. The first kappa shape index (κ1) is 11.1. The van der Waals surface area contributed by atoms with Gasteiger partial charge in [0.15, 0.2) is 0 Å². The van der Waals surface area contributed by atoms with E-state index in [9.17, 15) is 9.59 Å². The Labute approximate surface area is 98.4 Å². The van der Waals surface area contributed by atoms with Crippen molar-refractivity contribution in [2.45, 2.75) is 26.3 Å². The van der Waals surface area contributed by atoms with Gasteiger partial charge in [-0.25, -0.2) is 0 Å². The summed E-state index contributed by atoms with van der Waals surface area (Å²) in [4.78, 5) is 26.7. The molecule has 2 heterocycles. The van der Waals surface area contributed by atoms with Crippen molar-refractivity contribution in [2.75, 3.05) is 0 Å². The monoisotopic (exact) mass is 235 g/mol. The molecule has 1 atom stereocenters. The third-order valence-corrected chi connectivity index (χ3v) is 3.60. The van der Waals surface area contributed by atoms with Gasteiger partial charge < -0.3 is 0 Å². The number of imide groups is 1. The van der Waals surface area contributed by atoms with Gasteiger partial charge >= 0.3 is 0 Å². The van der Waals surface area contributed by atoms with Gasteiger partial charge in [-0.2, -0.15) is 0 Å². The summed E-state index contributed by atoms with van der Waals surface area (Å²) >= 11 is 1.71. The van der Waals surface area contributed by atoms with Crippen molar-refractivity contribution >= 4 is 23.2 Å². The van der Waals surface area contributed by atoms with Gasteiger partial charge in [0.2, 0.25) is 0 Å². The Morgan fingerprint density at radius 3 is 2.38 bits per heavy atom. The molecule has 1 aliphatic rings. The SMILES string of the molecule is Cc1ccc(CC(C)N2C(=O)C=CC2=O)s1. The number of thiophene rings is 1. The van der Waals surface area contributed by atoms with E-state index in [-0.39, 0.29) is 17.9 Å². The van der Waals surface area contributed by atoms with Crippen molar-refractivity contribution in [3.63, 3.8) is 0 Å². The first-order chi connectivity index (χ1) is 7.58. The van der Waals surface area contributed by atoms with E-state index in [1.54, 1.807) is 11.3 Å². The Balaban J connectivity index is 2.06. The van der Waals surface area contributed by atoms with Crippen molar-refractivity contribution in [1.82, 2.24) is 4.90 Å². The third kappa shape index (κ3) is 2.07. The van der Waals surface area contributed by atoms with Crippen LogP contribution in [0.25, 0.3) is 0 Å². The lowest BCUT2D eigenvalue weighted by Crippen LogP contribution is -2.39. The minimum Gasteiger partial charge on any atom is -0.272 e. The first-order valence-electron chi connectivity index (χ1n) is 5.18. The van der Waals surface area contributed by atoms with Gasteiger partial charge in [-0.05, 0) is 26.0 Å². The smallest absolute Gasteiger partial charge is 0.253 e. The molecule has 1 unspecified atom stereocenters. The predicted molar refractivity (Wildman–Crippen MR) is 63.2 cm³/mol. The fraction of sp³-hybridized carbons (Fsp3) is 0.333. The van der Waals surface area contributed by atoms with E-state index < -0.39 is 0 Å². The Morgan fingerprint density at radius 2 is 1.88 bits per heavy atom. The molecule has 84 valence electrons. The largest absolute Gasteiger partial charge is 0.272 e. The maximum atomic E-state index is 11.4. The van der Waals surface area contributed by atoms with Crippen LogP contribution in [0.15, 0.2) is 24.3 Å². The molecule has 1 aromatic heterocycles. The van der Waals surface area contributed by atoms with E-state index in [1.807, 2.05) is 13.8 Å². The van der Waals surface area contributed by atoms with E-state index >= 15 is 0 Å². The molecule has 0 spiro atoms. The van der Waals surface area contributed by atoms with Crippen molar-refractivity contribution < 1.29 is 9.59 Å². The molecule has 0 aliphatic carbocycles. The highest BCUT2D eigenvalue weighted by molar-refractivity contribution is 7.11. The van der Waals surface area contributed by atoms with Crippen LogP contribution < -0.4 is 0 Å². The number of aryl methyl sites for hydroxylation is 1. The maximum absolute atomic E-state index is 11.4. The summed E-state index contributed by atoms with van der Waals surface area (Å²) < 4.78 is 0. The fourth-order valence-corrected chi connectivity index (χ4v) is 2.83. The second-order valence-corrected chi connectivity index (χ2v) is 5.32. The van der Waals surface area contributed by atoms with Crippen molar-refractivity contribution in [2.24, 2.45) is 0 Å². The average molecular weight is 235 g/mol. The standard InChI is InChI=1S/C12H13NO2S/c1-8(7-10-4-3-9(2)16-10)13-11(14)5-6-12(13)15/h3-6,8H,7H2,1-2H3. The fourth-order valence-electron chi connectivity index (χ4n) is 1.82. The van der Waals surface area contributed by atoms with Gasteiger partial charge in [0.05, 0.1) is 0 Å². The molecular weight excluding hydrogens is 222 g/mol. The second kappa shape index (κ2) is 4.22. The van der Waals surface area contributed by atoms with Crippen molar-refractivity contribution in [3.8, 4) is 0 Å². The molecule has 16 heavy (non-hydrogen) atoms. The summed E-state index contributed by atoms with van der Waals surface area (Å²) in [6.07, 6.45) is 3.40. The minimum atomic E-state index is -0.203. The lowest BCUT2D eigenvalue weighted by atomic mass is 10.2. The zero-order valence-electron chi connectivity index (χ0n) is 9.27. The lowest BCUT2D eigenvalue weighted by Gasteiger charge is -2.21. The van der Waals surface area contributed by atoms with E-state index in [1.165, 1.54) is 26.8 Å². The molecule has 0 fully saturated rings. The number of amides is 2. The van der Waals surface area contributed by atoms with Crippen molar-refractivity contribution in [1.29, 1.82) is 0 Å². The topological polar surface area (TPSA) is 37.4 Å². The van der Waals surface area contributed by atoms with Crippen LogP contribution in [0.2, 0.25) is 0 Å². The predicted octanol–water partition coefficient (Wildman–Crippen LogP) is 1.91. The maximum Gasteiger partial charge on any atom is 0.253 e. The molecule has 1 aromatic rings. The summed E-state index contributed by atoms with van der Waals surface area (Å²) in [6, 6.07) is 4.03. The quantitative estimate of drug-likeness (QED) is 0.750. The van der Waals surface area contributed by atoms with Crippen LogP contribution >= 0.6 is 11.3 Å². The Morgan fingerprint density at radius 1 is 1.25 bits per heavy atom. The van der Waals surface area contributed by atoms with Gasteiger partial charge in [0.1, 0.15) is 0 Å². The molecular formula is C12H13NO2S. The summed E-state index contributed by atoms with van der Waals surface area (Å²) in [7, 11) is 0. The number of nitrogens with zero attached hydrogens (tertiary/aromatic N) is 1. The molecule has 0 saturated heterocycles. The number of carbonyl (C=O) groups is 2. The summed E-state index contributed by atoms with van der Waals surface area (Å²) in [5.74, 6) is -0.406. The van der Waals surface area contributed by atoms with Crippen LogP contribution in [0, 0.1) is 6.92 Å². The summed E-state index contributed by atoms with van der Waals surface area (Å²) in [5, 5.41) is 0. The number of hydrogen-bond donors (Lipinski definition) is 0. The molecule has 4 heteroatoms.